The van der Waals surface area contributed by atoms with Gasteiger partial charge in [0.15, 0.2) is 0 Å². The number of rotatable bonds is 4. The van der Waals surface area contributed by atoms with E-state index in [1.54, 1.807) is 7.11 Å². The van der Waals surface area contributed by atoms with Gasteiger partial charge >= 0.3 is 0 Å². The fourth-order valence-corrected chi connectivity index (χ4v) is 2.76. The summed E-state index contributed by atoms with van der Waals surface area (Å²) >= 11 is 0. The minimum absolute atomic E-state index is 0.0863. The maximum absolute atomic E-state index is 5.91. The molecule has 3 rings (SSSR count). The number of hydrogen-bond acceptors (Lipinski definition) is 3. The van der Waals surface area contributed by atoms with Gasteiger partial charge in [-0.2, -0.15) is 0 Å². The molecule has 3 nitrogen and oxygen atoms in total. The lowest BCUT2D eigenvalue weighted by molar-refractivity contribution is 0.138. The number of benzene rings is 2. The van der Waals surface area contributed by atoms with Crippen molar-refractivity contribution in [3.05, 3.63) is 53.6 Å². The molecule has 0 saturated heterocycles. The molecule has 3 heteroatoms. The summed E-state index contributed by atoms with van der Waals surface area (Å²) in [4.78, 5) is 0. The van der Waals surface area contributed by atoms with Crippen molar-refractivity contribution >= 4 is 5.69 Å². The lowest BCUT2D eigenvalue weighted by atomic mass is 10.0. The first-order chi connectivity index (χ1) is 10.1. The van der Waals surface area contributed by atoms with Crippen LogP contribution < -0.4 is 14.8 Å². The van der Waals surface area contributed by atoms with Crippen molar-refractivity contribution in [3.63, 3.8) is 0 Å². The van der Waals surface area contributed by atoms with E-state index < -0.39 is 0 Å². The molecule has 110 valence electrons. The molecule has 1 heterocycles. The molecule has 0 spiro atoms. The van der Waals surface area contributed by atoms with Crippen LogP contribution in [0.1, 0.15) is 25.0 Å². The number of hydrogen-bond donors (Lipinski definition) is 1. The molecular formula is C18H21NO2. The number of para-hydroxylation sites is 2. The van der Waals surface area contributed by atoms with Crippen LogP contribution in [0, 0.1) is 0 Å². The van der Waals surface area contributed by atoms with Gasteiger partial charge in [0.25, 0.3) is 0 Å². The highest BCUT2D eigenvalue weighted by molar-refractivity contribution is 5.56. The first-order valence-electron chi connectivity index (χ1n) is 7.25. The smallest absolute Gasteiger partial charge is 0.141 e. The maximum atomic E-state index is 5.91. The van der Waals surface area contributed by atoms with Crippen LogP contribution in [0.2, 0.25) is 0 Å². The van der Waals surface area contributed by atoms with Gasteiger partial charge in [-0.3, -0.25) is 0 Å². The molecule has 21 heavy (non-hydrogen) atoms. The van der Waals surface area contributed by atoms with Gasteiger partial charge in [0.05, 0.1) is 12.8 Å². The largest absolute Gasteiger partial charge is 0.495 e. The second-order valence-corrected chi connectivity index (χ2v) is 6.03. The highest BCUT2D eigenvalue weighted by Crippen LogP contribution is 2.35. The third-order valence-corrected chi connectivity index (χ3v) is 3.72. The second kappa shape index (κ2) is 5.32. The van der Waals surface area contributed by atoms with Gasteiger partial charge in [0, 0.05) is 13.0 Å². The van der Waals surface area contributed by atoms with Crippen molar-refractivity contribution < 1.29 is 9.47 Å². The third kappa shape index (κ3) is 2.97. The lowest BCUT2D eigenvalue weighted by Gasteiger charge is -2.16. The van der Waals surface area contributed by atoms with Crippen molar-refractivity contribution in [3.8, 4) is 11.5 Å². The standard InChI is InChI=1S/C18H21NO2/c1-18(2)11-14-10-13(8-9-16(14)21-18)12-19-15-6-4-5-7-17(15)20-3/h4-10,19H,11-12H2,1-3H3. The molecule has 0 aliphatic carbocycles. The van der Waals surface area contributed by atoms with Crippen LogP contribution in [-0.4, -0.2) is 12.7 Å². The van der Waals surface area contributed by atoms with Crippen molar-refractivity contribution in [2.24, 2.45) is 0 Å². The normalized spacial score (nSPS) is 15.2. The van der Waals surface area contributed by atoms with Gasteiger partial charge < -0.3 is 14.8 Å². The predicted octanol–water partition coefficient (Wildman–Crippen LogP) is 4.02. The summed E-state index contributed by atoms with van der Waals surface area (Å²) < 4.78 is 11.3. The molecule has 0 bridgehead atoms. The summed E-state index contributed by atoms with van der Waals surface area (Å²) in [5.74, 6) is 1.88. The molecule has 2 aromatic carbocycles. The SMILES string of the molecule is COc1ccccc1NCc1ccc2c(c1)CC(C)(C)O2. The molecule has 0 saturated carbocycles. The predicted molar refractivity (Wildman–Crippen MR) is 85.2 cm³/mol. The molecule has 1 aliphatic rings. The Kier molecular flexibility index (Phi) is 3.50. The Morgan fingerprint density at radius 2 is 2.00 bits per heavy atom. The Bertz CT molecular complexity index is 649. The molecular weight excluding hydrogens is 262 g/mol. The Labute approximate surface area is 125 Å². The zero-order valence-corrected chi connectivity index (χ0v) is 12.8. The van der Waals surface area contributed by atoms with Crippen LogP contribution in [0.3, 0.4) is 0 Å². The molecule has 1 N–H and O–H groups in total. The topological polar surface area (TPSA) is 30.5 Å². The van der Waals surface area contributed by atoms with Crippen molar-refractivity contribution in [1.82, 2.24) is 0 Å². The second-order valence-electron chi connectivity index (χ2n) is 6.03. The van der Waals surface area contributed by atoms with Crippen LogP contribution in [-0.2, 0) is 13.0 Å². The van der Waals surface area contributed by atoms with Gasteiger partial charge in [-0.05, 0) is 43.2 Å². The summed E-state index contributed by atoms with van der Waals surface area (Å²) in [5.41, 5.74) is 3.47. The molecule has 1 aliphatic heterocycles. The van der Waals surface area contributed by atoms with Crippen molar-refractivity contribution in [2.45, 2.75) is 32.4 Å². The van der Waals surface area contributed by atoms with E-state index in [1.807, 2.05) is 24.3 Å². The summed E-state index contributed by atoms with van der Waals surface area (Å²) in [7, 11) is 1.69. The van der Waals surface area contributed by atoms with Crippen LogP contribution in [0.4, 0.5) is 5.69 Å². The fourth-order valence-electron chi connectivity index (χ4n) is 2.76. The summed E-state index contributed by atoms with van der Waals surface area (Å²) in [6, 6.07) is 14.4. The van der Waals surface area contributed by atoms with E-state index in [1.165, 1.54) is 11.1 Å². The van der Waals surface area contributed by atoms with Crippen LogP contribution in [0.5, 0.6) is 11.5 Å². The first-order valence-corrected chi connectivity index (χ1v) is 7.25. The Hall–Kier alpha value is -2.16. The highest BCUT2D eigenvalue weighted by atomic mass is 16.5. The molecule has 2 aromatic rings. The lowest BCUT2D eigenvalue weighted by Crippen LogP contribution is -2.24. The van der Waals surface area contributed by atoms with Crippen LogP contribution >= 0.6 is 0 Å². The minimum atomic E-state index is -0.0863. The average Bonchev–Trinajstić information content (AvgIpc) is 2.78. The maximum Gasteiger partial charge on any atom is 0.141 e. The van der Waals surface area contributed by atoms with Gasteiger partial charge in [0.1, 0.15) is 17.1 Å². The quantitative estimate of drug-likeness (QED) is 0.919. The number of nitrogens with one attached hydrogen (secondary N) is 1. The number of ether oxygens (including phenoxy) is 2. The van der Waals surface area contributed by atoms with E-state index in [-0.39, 0.29) is 5.60 Å². The summed E-state index contributed by atoms with van der Waals surface area (Å²) in [5, 5.41) is 3.43. The van der Waals surface area contributed by atoms with E-state index >= 15 is 0 Å². The molecule has 0 radical (unpaired) electrons. The van der Waals surface area contributed by atoms with E-state index in [0.29, 0.717) is 0 Å². The monoisotopic (exact) mass is 283 g/mol. The zero-order valence-electron chi connectivity index (χ0n) is 12.8. The van der Waals surface area contributed by atoms with Gasteiger partial charge in [-0.25, -0.2) is 0 Å². The van der Waals surface area contributed by atoms with Crippen molar-refractivity contribution in [2.75, 3.05) is 12.4 Å². The first kappa shape index (κ1) is 13.8. The molecule has 0 fully saturated rings. The Balaban J connectivity index is 1.72. The van der Waals surface area contributed by atoms with E-state index in [0.717, 1.165) is 30.2 Å². The molecule has 0 amide bonds. The minimum Gasteiger partial charge on any atom is -0.495 e. The van der Waals surface area contributed by atoms with E-state index in [4.69, 9.17) is 9.47 Å². The number of methoxy groups -OCH3 is 1. The fraction of sp³-hybridized carbons (Fsp3) is 0.333. The van der Waals surface area contributed by atoms with Gasteiger partial charge in [-0.1, -0.05) is 24.3 Å². The van der Waals surface area contributed by atoms with E-state index in [9.17, 15) is 0 Å². The summed E-state index contributed by atoms with van der Waals surface area (Å²) in [6.45, 7) is 5.02. The third-order valence-electron chi connectivity index (χ3n) is 3.72. The number of fused-ring (bicyclic) bond motifs is 1. The molecule has 0 unspecified atom stereocenters. The Morgan fingerprint density at radius 1 is 1.19 bits per heavy atom. The zero-order chi connectivity index (χ0) is 14.9. The van der Waals surface area contributed by atoms with Crippen molar-refractivity contribution in [1.29, 1.82) is 0 Å². The van der Waals surface area contributed by atoms with Crippen LogP contribution in [0.25, 0.3) is 0 Å². The molecule has 0 aromatic heterocycles. The van der Waals surface area contributed by atoms with Crippen LogP contribution in [0.15, 0.2) is 42.5 Å². The number of anilines is 1. The summed E-state index contributed by atoms with van der Waals surface area (Å²) in [6.07, 6.45) is 0.963. The van der Waals surface area contributed by atoms with Gasteiger partial charge in [-0.15, -0.1) is 0 Å². The Morgan fingerprint density at radius 3 is 2.81 bits per heavy atom. The highest BCUT2D eigenvalue weighted by Gasteiger charge is 2.29. The van der Waals surface area contributed by atoms with E-state index in [2.05, 4.69) is 37.4 Å². The van der Waals surface area contributed by atoms with Gasteiger partial charge in [0.2, 0.25) is 0 Å². The molecule has 0 atom stereocenters. The average molecular weight is 283 g/mol.